The third-order valence-electron chi connectivity index (χ3n) is 2.85. The van der Waals surface area contributed by atoms with E-state index in [0.717, 1.165) is 0 Å². The predicted octanol–water partition coefficient (Wildman–Crippen LogP) is 4.14. The van der Waals surface area contributed by atoms with E-state index >= 15 is 0 Å². The fourth-order valence-corrected chi connectivity index (χ4v) is 1.96. The molecule has 1 nitrogen and oxygen atoms in total. The quantitative estimate of drug-likeness (QED) is 0.610. The summed E-state index contributed by atoms with van der Waals surface area (Å²) in [5.74, 6) is 0. The molecule has 0 fully saturated rings. The van der Waals surface area contributed by atoms with E-state index < -0.39 is 0 Å². The second-order valence-corrected chi connectivity index (χ2v) is 4.01. The van der Waals surface area contributed by atoms with Crippen LogP contribution in [0, 0.1) is 0 Å². The van der Waals surface area contributed by atoms with Crippen LogP contribution in [0.5, 0.6) is 0 Å². The van der Waals surface area contributed by atoms with Crippen molar-refractivity contribution >= 4 is 0 Å². The Morgan fingerprint density at radius 2 is 1.24 bits per heavy atom. The Balaban J connectivity index is 1.99. The molecule has 3 aromatic rings. The van der Waals surface area contributed by atoms with E-state index in [0.29, 0.717) is 0 Å². The largest absolute Gasteiger partial charge is 0.323 e. The molecule has 0 aliphatic carbocycles. The molecule has 0 bridgehead atoms. The van der Waals surface area contributed by atoms with Crippen molar-refractivity contribution in [2.75, 3.05) is 0 Å². The molecule has 0 aliphatic rings. The van der Waals surface area contributed by atoms with Crippen LogP contribution in [0.15, 0.2) is 79.1 Å². The van der Waals surface area contributed by atoms with Gasteiger partial charge in [-0.3, -0.25) is 0 Å². The Kier molecular flexibility index (Phi) is 2.51. The van der Waals surface area contributed by atoms with Gasteiger partial charge in [-0.05, 0) is 29.3 Å². The van der Waals surface area contributed by atoms with Crippen LogP contribution < -0.4 is 0 Å². The average Bonchev–Trinajstić information content (AvgIpc) is 2.90. The SMILES string of the molecule is c1ccc(-c2ccn(-c3ccccc3)c2)cc1. The van der Waals surface area contributed by atoms with Gasteiger partial charge in [0, 0.05) is 18.1 Å². The van der Waals surface area contributed by atoms with Gasteiger partial charge < -0.3 is 4.57 Å². The van der Waals surface area contributed by atoms with Gasteiger partial charge >= 0.3 is 0 Å². The van der Waals surface area contributed by atoms with E-state index in [-0.39, 0.29) is 0 Å². The maximum atomic E-state index is 2.16. The fraction of sp³-hybridized carbons (Fsp3) is 0. The van der Waals surface area contributed by atoms with Crippen molar-refractivity contribution in [3.05, 3.63) is 79.1 Å². The highest BCUT2D eigenvalue weighted by Gasteiger charge is 2.00. The van der Waals surface area contributed by atoms with Gasteiger partial charge in [0.1, 0.15) is 0 Å². The van der Waals surface area contributed by atoms with Crippen molar-refractivity contribution in [2.45, 2.75) is 0 Å². The number of hydrogen-bond donors (Lipinski definition) is 0. The molecule has 1 heteroatoms. The zero-order valence-corrected chi connectivity index (χ0v) is 9.45. The first-order valence-corrected chi connectivity index (χ1v) is 5.72. The van der Waals surface area contributed by atoms with Crippen molar-refractivity contribution in [1.29, 1.82) is 0 Å². The van der Waals surface area contributed by atoms with Crippen LogP contribution in [0.4, 0.5) is 0 Å². The summed E-state index contributed by atoms with van der Waals surface area (Å²) >= 11 is 0. The lowest BCUT2D eigenvalue weighted by molar-refractivity contribution is 1.08. The monoisotopic (exact) mass is 219 g/mol. The van der Waals surface area contributed by atoms with Crippen LogP contribution in [0.3, 0.4) is 0 Å². The molecule has 0 radical (unpaired) electrons. The van der Waals surface area contributed by atoms with Crippen molar-refractivity contribution in [3.63, 3.8) is 0 Å². The van der Waals surface area contributed by atoms with Crippen LogP contribution in [0.2, 0.25) is 0 Å². The summed E-state index contributed by atoms with van der Waals surface area (Å²) in [6, 6.07) is 22.9. The first kappa shape index (κ1) is 9.91. The van der Waals surface area contributed by atoms with E-state index in [9.17, 15) is 0 Å². The Morgan fingerprint density at radius 1 is 0.588 bits per heavy atom. The summed E-state index contributed by atoms with van der Waals surface area (Å²) in [7, 11) is 0. The van der Waals surface area contributed by atoms with Crippen LogP contribution in [-0.2, 0) is 0 Å². The maximum Gasteiger partial charge on any atom is 0.0449 e. The molecular weight excluding hydrogens is 206 g/mol. The molecule has 0 spiro atoms. The van der Waals surface area contributed by atoms with Gasteiger partial charge in [-0.2, -0.15) is 0 Å². The molecule has 0 amide bonds. The summed E-state index contributed by atoms with van der Waals surface area (Å²) in [5.41, 5.74) is 3.69. The number of nitrogens with zero attached hydrogens (tertiary/aromatic N) is 1. The minimum Gasteiger partial charge on any atom is -0.323 e. The molecule has 17 heavy (non-hydrogen) atoms. The van der Waals surface area contributed by atoms with Crippen molar-refractivity contribution < 1.29 is 0 Å². The van der Waals surface area contributed by atoms with Gasteiger partial charge in [-0.25, -0.2) is 0 Å². The van der Waals surface area contributed by atoms with Crippen LogP contribution in [-0.4, -0.2) is 4.57 Å². The standard InChI is InChI=1S/C16H13N/c1-3-7-14(8-4-1)15-11-12-17(13-15)16-9-5-2-6-10-16/h1-13H. The van der Waals surface area contributed by atoms with Gasteiger partial charge in [-0.15, -0.1) is 0 Å². The second-order valence-electron chi connectivity index (χ2n) is 4.01. The summed E-state index contributed by atoms with van der Waals surface area (Å²) in [6.07, 6.45) is 4.25. The second kappa shape index (κ2) is 4.30. The average molecular weight is 219 g/mol. The Labute approximate surface area is 101 Å². The highest BCUT2D eigenvalue weighted by molar-refractivity contribution is 5.63. The molecule has 0 N–H and O–H groups in total. The Hall–Kier alpha value is -2.28. The van der Waals surface area contributed by atoms with Crippen LogP contribution in [0.25, 0.3) is 16.8 Å². The van der Waals surface area contributed by atoms with Gasteiger partial charge in [0.05, 0.1) is 0 Å². The highest BCUT2D eigenvalue weighted by Crippen LogP contribution is 2.21. The topological polar surface area (TPSA) is 4.93 Å². The molecule has 0 saturated heterocycles. The minimum atomic E-state index is 1.19. The van der Waals surface area contributed by atoms with Gasteiger partial charge in [0.15, 0.2) is 0 Å². The number of benzene rings is 2. The molecule has 0 atom stereocenters. The highest BCUT2D eigenvalue weighted by atomic mass is 14.9. The van der Waals surface area contributed by atoms with Crippen LogP contribution in [0.1, 0.15) is 0 Å². The summed E-state index contributed by atoms with van der Waals surface area (Å²) in [4.78, 5) is 0. The summed E-state index contributed by atoms with van der Waals surface area (Å²) in [5, 5.41) is 0. The first-order valence-electron chi connectivity index (χ1n) is 5.72. The number of hydrogen-bond acceptors (Lipinski definition) is 0. The molecule has 0 saturated carbocycles. The molecule has 3 rings (SSSR count). The molecule has 1 heterocycles. The lowest BCUT2D eigenvalue weighted by Gasteiger charge is -2.01. The molecular formula is C16H13N. The van der Waals surface area contributed by atoms with E-state index in [1.54, 1.807) is 0 Å². The zero-order chi connectivity index (χ0) is 11.5. The van der Waals surface area contributed by atoms with E-state index in [1.807, 2.05) is 12.1 Å². The lowest BCUT2D eigenvalue weighted by Crippen LogP contribution is -1.87. The molecule has 0 aliphatic heterocycles. The molecule has 1 aromatic heterocycles. The predicted molar refractivity (Wildman–Crippen MR) is 71.2 cm³/mol. The number of rotatable bonds is 2. The number of aromatic nitrogens is 1. The third kappa shape index (κ3) is 2.00. The Morgan fingerprint density at radius 3 is 1.94 bits per heavy atom. The molecule has 82 valence electrons. The lowest BCUT2D eigenvalue weighted by atomic mass is 10.1. The minimum absolute atomic E-state index is 1.19. The summed E-state index contributed by atoms with van der Waals surface area (Å²) in [6.45, 7) is 0. The fourth-order valence-electron chi connectivity index (χ4n) is 1.96. The summed E-state index contributed by atoms with van der Waals surface area (Å²) < 4.78 is 2.14. The van der Waals surface area contributed by atoms with E-state index in [4.69, 9.17) is 0 Å². The van der Waals surface area contributed by atoms with E-state index in [2.05, 4.69) is 71.6 Å². The maximum absolute atomic E-state index is 2.16. The van der Waals surface area contributed by atoms with Gasteiger partial charge in [0.2, 0.25) is 0 Å². The zero-order valence-electron chi connectivity index (χ0n) is 9.45. The third-order valence-corrected chi connectivity index (χ3v) is 2.85. The first-order chi connectivity index (χ1) is 8.43. The van der Waals surface area contributed by atoms with Crippen LogP contribution >= 0.6 is 0 Å². The van der Waals surface area contributed by atoms with Crippen molar-refractivity contribution in [2.24, 2.45) is 0 Å². The molecule has 0 unspecified atom stereocenters. The molecule has 2 aromatic carbocycles. The van der Waals surface area contributed by atoms with E-state index in [1.165, 1.54) is 16.8 Å². The normalized spacial score (nSPS) is 10.4. The van der Waals surface area contributed by atoms with Gasteiger partial charge in [0.25, 0.3) is 0 Å². The van der Waals surface area contributed by atoms with Crippen molar-refractivity contribution in [3.8, 4) is 16.8 Å². The smallest absolute Gasteiger partial charge is 0.0449 e. The number of para-hydroxylation sites is 1. The Bertz CT molecular complexity index is 540. The van der Waals surface area contributed by atoms with Gasteiger partial charge in [-0.1, -0.05) is 48.5 Å². The van der Waals surface area contributed by atoms with Crippen molar-refractivity contribution in [1.82, 2.24) is 4.57 Å².